The van der Waals surface area contributed by atoms with E-state index in [4.69, 9.17) is 0 Å². The van der Waals surface area contributed by atoms with Gasteiger partial charge < -0.3 is 0 Å². The van der Waals surface area contributed by atoms with Crippen molar-refractivity contribution in [2.45, 2.75) is 0 Å². The zero-order valence-electron chi connectivity index (χ0n) is 10.4. The highest BCUT2D eigenvalue weighted by molar-refractivity contribution is 6.23. The van der Waals surface area contributed by atoms with Crippen LogP contribution in [0.5, 0.6) is 0 Å². The van der Waals surface area contributed by atoms with Crippen molar-refractivity contribution in [3.05, 3.63) is 53.2 Å². The fraction of sp³-hybridized carbons (Fsp3) is 0.0714. The number of hydrogen-bond donors (Lipinski definition) is 0. The molecule has 1 aromatic carbocycles. The Morgan fingerprint density at radius 1 is 1.05 bits per heavy atom. The van der Waals surface area contributed by atoms with E-state index >= 15 is 0 Å². The van der Waals surface area contributed by atoms with Crippen LogP contribution < -0.4 is 0 Å². The molecule has 0 atom stereocenters. The van der Waals surface area contributed by atoms with Crippen molar-refractivity contribution in [2.75, 3.05) is 7.05 Å². The zero-order chi connectivity index (χ0) is 14.4. The Morgan fingerprint density at radius 3 is 2.50 bits per heavy atom. The molecule has 0 radical (unpaired) electrons. The van der Waals surface area contributed by atoms with Gasteiger partial charge >= 0.3 is 0 Å². The molecule has 1 aliphatic rings. The van der Waals surface area contributed by atoms with Crippen molar-refractivity contribution in [1.29, 1.82) is 0 Å². The summed E-state index contributed by atoms with van der Waals surface area (Å²) in [6.45, 7) is 0. The monoisotopic (exact) mass is 274 g/mol. The number of carbonyl (C=O) groups excluding carboxylic acids is 2. The summed E-state index contributed by atoms with van der Waals surface area (Å²) in [5.41, 5.74) is 0.249. The number of fused-ring (bicyclic) bond motifs is 1. The Labute approximate surface area is 112 Å². The van der Waals surface area contributed by atoms with Crippen LogP contribution in [0.15, 0.2) is 30.5 Å². The molecule has 6 heteroatoms. The minimum Gasteiger partial charge on any atom is -0.277 e. The van der Waals surface area contributed by atoms with E-state index in [1.165, 1.54) is 25.4 Å². The third kappa shape index (κ3) is 1.61. The number of aromatic nitrogens is 1. The minimum absolute atomic E-state index is 0.0142. The van der Waals surface area contributed by atoms with Crippen LogP contribution in [0.4, 0.5) is 8.78 Å². The molecule has 0 spiro atoms. The summed E-state index contributed by atoms with van der Waals surface area (Å²) in [6.07, 6.45) is 1.32. The van der Waals surface area contributed by atoms with E-state index in [2.05, 4.69) is 4.98 Å². The molecule has 0 aliphatic carbocycles. The summed E-state index contributed by atoms with van der Waals surface area (Å²) in [5.74, 6) is -2.56. The van der Waals surface area contributed by atoms with Gasteiger partial charge in [-0.15, -0.1) is 0 Å². The predicted molar refractivity (Wildman–Crippen MR) is 66.0 cm³/mol. The van der Waals surface area contributed by atoms with Gasteiger partial charge in [0.25, 0.3) is 11.8 Å². The van der Waals surface area contributed by atoms with E-state index in [1.807, 2.05) is 0 Å². The summed E-state index contributed by atoms with van der Waals surface area (Å²) >= 11 is 0. The lowest BCUT2D eigenvalue weighted by molar-refractivity contribution is 0.0693. The van der Waals surface area contributed by atoms with Gasteiger partial charge in [0.2, 0.25) is 0 Å². The molecule has 2 aromatic rings. The topological polar surface area (TPSA) is 50.3 Å². The third-order valence-corrected chi connectivity index (χ3v) is 3.19. The summed E-state index contributed by atoms with van der Waals surface area (Å²) < 4.78 is 26.8. The first-order chi connectivity index (χ1) is 9.50. The van der Waals surface area contributed by atoms with E-state index in [0.29, 0.717) is 6.07 Å². The van der Waals surface area contributed by atoms with Crippen molar-refractivity contribution in [3.8, 4) is 11.3 Å². The molecule has 0 unspecified atom stereocenters. The van der Waals surface area contributed by atoms with Crippen LogP contribution in [0.25, 0.3) is 11.3 Å². The van der Waals surface area contributed by atoms with E-state index < -0.39 is 23.4 Å². The van der Waals surface area contributed by atoms with Crippen LogP contribution in [-0.4, -0.2) is 28.7 Å². The lowest BCUT2D eigenvalue weighted by Crippen LogP contribution is -2.24. The van der Waals surface area contributed by atoms with Gasteiger partial charge in [0.05, 0.1) is 16.8 Å². The molecule has 3 rings (SSSR count). The zero-order valence-corrected chi connectivity index (χ0v) is 10.4. The lowest BCUT2D eigenvalue weighted by atomic mass is 10.0. The van der Waals surface area contributed by atoms with Crippen molar-refractivity contribution >= 4 is 11.8 Å². The van der Waals surface area contributed by atoms with Gasteiger partial charge in [-0.3, -0.25) is 19.5 Å². The van der Waals surface area contributed by atoms with E-state index in [9.17, 15) is 18.4 Å². The molecular formula is C14H8F2N2O2. The highest BCUT2D eigenvalue weighted by Crippen LogP contribution is 2.31. The predicted octanol–water partition coefficient (Wildman–Crippen LogP) is 2.25. The molecule has 20 heavy (non-hydrogen) atoms. The largest absolute Gasteiger partial charge is 0.277 e. The maximum atomic E-state index is 13.8. The van der Waals surface area contributed by atoms with Crippen molar-refractivity contribution in [2.24, 2.45) is 0 Å². The lowest BCUT2D eigenvalue weighted by Gasteiger charge is -2.07. The molecule has 0 bridgehead atoms. The molecule has 4 nitrogen and oxygen atoms in total. The first-order valence-corrected chi connectivity index (χ1v) is 5.77. The third-order valence-electron chi connectivity index (χ3n) is 3.19. The number of hydrogen-bond acceptors (Lipinski definition) is 3. The highest BCUT2D eigenvalue weighted by atomic mass is 19.1. The number of imide groups is 1. The first kappa shape index (κ1) is 12.4. The number of rotatable bonds is 1. The number of benzene rings is 1. The van der Waals surface area contributed by atoms with E-state index in [0.717, 1.165) is 11.0 Å². The van der Waals surface area contributed by atoms with Crippen LogP contribution in [0.3, 0.4) is 0 Å². The SMILES string of the molecule is CN1C(=O)c2ccnc(-c3ccc(F)cc3F)c2C1=O. The first-order valence-electron chi connectivity index (χ1n) is 5.77. The van der Waals surface area contributed by atoms with Gasteiger partial charge in [-0.05, 0) is 18.2 Å². The van der Waals surface area contributed by atoms with Crippen LogP contribution in [0.2, 0.25) is 0 Å². The number of nitrogens with zero attached hydrogens (tertiary/aromatic N) is 2. The van der Waals surface area contributed by atoms with Crippen LogP contribution in [-0.2, 0) is 0 Å². The molecular weight excluding hydrogens is 266 g/mol. The highest BCUT2D eigenvalue weighted by Gasteiger charge is 2.36. The van der Waals surface area contributed by atoms with Crippen LogP contribution in [0, 0.1) is 11.6 Å². The normalized spacial score (nSPS) is 13.8. The van der Waals surface area contributed by atoms with Crippen molar-refractivity contribution < 1.29 is 18.4 Å². The summed E-state index contributed by atoms with van der Waals surface area (Å²) in [7, 11) is 1.34. The molecule has 0 N–H and O–H groups in total. The van der Waals surface area contributed by atoms with Crippen molar-refractivity contribution in [1.82, 2.24) is 9.88 Å². The van der Waals surface area contributed by atoms with Crippen LogP contribution >= 0.6 is 0 Å². The van der Waals surface area contributed by atoms with Crippen LogP contribution in [0.1, 0.15) is 20.7 Å². The second-order valence-corrected chi connectivity index (χ2v) is 4.38. The molecule has 0 saturated carbocycles. The Bertz CT molecular complexity index is 759. The quantitative estimate of drug-likeness (QED) is 0.749. The molecule has 2 amide bonds. The van der Waals surface area contributed by atoms with Gasteiger partial charge in [0, 0.05) is 24.9 Å². The second kappa shape index (κ2) is 4.19. The summed E-state index contributed by atoms with van der Waals surface area (Å²) in [4.78, 5) is 28.8. The second-order valence-electron chi connectivity index (χ2n) is 4.38. The summed E-state index contributed by atoms with van der Waals surface area (Å²) in [6, 6.07) is 4.39. The standard InChI is InChI=1S/C14H8F2N2O2/c1-18-13(19)9-4-5-17-12(11(9)14(18)20)8-3-2-7(15)6-10(8)16/h2-6H,1H3. The van der Waals surface area contributed by atoms with Gasteiger partial charge in [0.1, 0.15) is 11.6 Å². The smallest absolute Gasteiger partial charge is 0.263 e. The van der Waals surface area contributed by atoms with Gasteiger partial charge in [0.15, 0.2) is 0 Å². The summed E-state index contributed by atoms with van der Waals surface area (Å²) in [5, 5.41) is 0. The molecule has 1 aromatic heterocycles. The Hall–Kier alpha value is -2.63. The number of carbonyl (C=O) groups is 2. The maximum Gasteiger partial charge on any atom is 0.263 e. The van der Waals surface area contributed by atoms with Gasteiger partial charge in [-0.1, -0.05) is 0 Å². The number of pyridine rings is 1. The fourth-order valence-corrected chi connectivity index (χ4v) is 2.18. The molecule has 0 saturated heterocycles. The van der Waals surface area contributed by atoms with E-state index in [-0.39, 0.29) is 22.4 Å². The van der Waals surface area contributed by atoms with Crippen molar-refractivity contribution in [3.63, 3.8) is 0 Å². The minimum atomic E-state index is -0.833. The maximum absolute atomic E-state index is 13.8. The average Bonchev–Trinajstić information content (AvgIpc) is 2.64. The molecule has 1 aliphatic heterocycles. The van der Waals surface area contributed by atoms with Gasteiger partial charge in [-0.25, -0.2) is 8.78 Å². The van der Waals surface area contributed by atoms with Gasteiger partial charge in [-0.2, -0.15) is 0 Å². The Morgan fingerprint density at radius 2 is 1.80 bits per heavy atom. The average molecular weight is 274 g/mol. The Kier molecular flexibility index (Phi) is 2.60. The van der Waals surface area contributed by atoms with E-state index in [1.54, 1.807) is 0 Å². The Balaban J connectivity index is 2.28. The molecule has 2 heterocycles. The number of halogens is 2. The molecule has 0 fully saturated rings. The number of amides is 2. The molecule has 100 valence electrons. The fourth-order valence-electron chi connectivity index (χ4n) is 2.18.